The summed E-state index contributed by atoms with van der Waals surface area (Å²) in [7, 11) is 0. The minimum absolute atomic E-state index is 0.00441. The fourth-order valence-corrected chi connectivity index (χ4v) is 2.22. The lowest BCUT2D eigenvalue weighted by Crippen LogP contribution is -2.41. The molecule has 0 radical (unpaired) electrons. The number of piperidine rings is 1. The molecule has 1 unspecified atom stereocenters. The molecule has 1 atom stereocenters. The van der Waals surface area contributed by atoms with Crippen molar-refractivity contribution in [3.8, 4) is 6.07 Å². The Morgan fingerprint density at radius 1 is 1.50 bits per heavy atom. The van der Waals surface area contributed by atoms with E-state index in [0.717, 1.165) is 0 Å². The molecule has 0 spiro atoms. The molecule has 1 aliphatic heterocycles. The second-order valence-electron chi connectivity index (χ2n) is 5.25. The van der Waals surface area contributed by atoms with Gasteiger partial charge >= 0.3 is 5.97 Å². The number of carbonyl (C=O) groups excluding carboxylic acids is 2. The molecule has 122 valence electrons. The summed E-state index contributed by atoms with van der Waals surface area (Å²) in [6, 6.07) is 1.86. The number of carbonyl (C=O) groups is 2. The van der Waals surface area contributed by atoms with Crippen molar-refractivity contribution in [2.75, 3.05) is 26.2 Å². The maximum atomic E-state index is 12.2. The highest BCUT2D eigenvalue weighted by Gasteiger charge is 2.29. The van der Waals surface area contributed by atoms with Gasteiger partial charge < -0.3 is 20.1 Å². The van der Waals surface area contributed by atoms with Crippen molar-refractivity contribution in [1.29, 1.82) is 5.26 Å². The molecule has 22 heavy (non-hydrogen) atoms. The average molecular weight is 309 g/mol. The van der Waals surface area contributed by atoms with Gasteiger partial charge in [0.25, 0.3) is 5.91 Å². The second kappa shape index (κ2) is 9.05. The molecule has 1 heterocycles. The van der Waals surface area contributed by atoms with E-state index in [2.05, 4.69) is 5.32 Å². The van der Waals surface area contributed by atoms with Crippen LogP contribution in [0.1, 0.15) is 26.7 Å². The van der Waals surface area contributed by atoms with Gasteiger partial charge in [-0.25, -0.2) is 0 Å². The van der Waals surface area contributed by atoms with E-state index in [1.54, 1.807) is 18.7 Å². The fourth-order valence-electron chi connectivity index (χ4n) is 2.22. The number of likely N-dealkylation sites (tertiary alicyclic amines) is 1. The van der Waals surface area contributed by atoms with Crippen molar-refractivity contribution in [2.24, 2.45) is 5.92 Å². The summed E-state index contributed by atoms with van der Waals surface area (Å²) < 4.78 is 4.98. The molecular weight excluding hydrogens is 286 g/mol. The smallest absolute Gasteiger partial charge is 0.309 e. The van der Waals surface area contributed by atoms with Gasteiger partial charge in [0.05, 0.1) is 18.6 Å². The van der Waals surface area contributed by atoms with Crippen molar-refractivity contribution < 1.29 is 19.4 Å². The van der Waals surface area contributed by atoms with Crippen LogP contribution in [0.2, 0.25) is 0 Å². The van der Waals surface area contributed by atoms with Gasteiger partial charge in [-0.1, -0.05) is 0 Å². The number of ether oxygens (including phenoxy) is 1. The Kier molecular flexibility index (Phi) is 7.40. The van der Waals surface area contributed by atoms with Crippen LogP contribution >= 0.6 is 0 Å². The number of rotatable bonds is 6. The molecule has 1 aliphatic rings. The number of nitriles is 1. The Morgan fingerprint density at radius 2 is 2.14 bits per heavy atom. The molecule has 0 aliphatic carbocycles. The summed E-state index contributed by atoms with van der Waals surface area (Å²) >= 11 is 0. The highest BCUT2D eigenvalue weighted by molar-refractivity contribution is 5.97. The van der Waals surface area contributed by atoms with Crippen LogP contribution in [0.25, 0.3) is 0 Å². The first kappa shape index (κ1) is 18.0. The maximum absolute atomic E-state index is 12.2. The van der Waals surface area contributed by atoms with Crippen molar-refractivity contribution in [3.63, 3.8) is 0 Å². The van der Waals surface area contributed by atoms with E-state index in [0.29, 0.717) is 32.5 Å². The summed E-state index contributed by atoms with van der Waals surface area (Å²) in [5.74, 6) is -0.751. The van der Waals surface area contributed by atoms with Crippen molar-refractivity contribution in [1.82, 2.24) is 10.2 Å². The van der Waals surface area contributed by atoms with Crippen molar-refractivity contribution in [2.45, 2.75) is 32.8 Å². The number of hydrogen-bond donors (Lipinski definition) is 2. The molecule has 1 fully saturated rings. The minimum Gasteiger partial charge on any atom is -0.466 e. The molecule has 0 aromatic carbocycles. The molecule has 0 aromatic rings. The molecule has 0 aromatic heterocycles. The highest BCUT2D eigenvalue weighted by atomic mass is 16.5. The zero-order chi connectivity index (χ0) is 16.5. The normalized spacial score (nSPS) is 17.5. The van der Waals surface area contributed by atoms with E-state index in [-0.39, 0.29) is 29.9 Å². The second-order valence-corrected chi connectivity index (χ2v) is 5.25. The summed E-state index contributed by atoms with van der Waals surface area (Å²) in [5, 5.41) is 20.9. The molecule has 1 saturated heterocycles. The maximum Gasteiger partial charge on any atom is 0.309 e. The third kappa shape index (κ3) is 5.37. The monoisotopic (exact) mass is 309 g/mol. The number of nitrogens with one attached hydrogen (secondary N) is 1. The lowest BCUT2D eigenvalue weighted by atomic mass is 9.96. The zero-order valence-corrected chi connectivity index (χ0v) is 13.0. The Hall–Kier alpha value is -2.07. The molecule has 0 bridgehead atoms. The molecule has 0 saturated carbocycles. The summed E-state index contributed by atoms with van der Waals surface area (Å²) in [6.45, 7) is 4.85. The van der Waals surface area contributed by atoms with Gasteiger partial charge in [0.2, 0.25) is 0 Å². The van der Waals surface area contributed by atoms with E-state index in [1.165, 1.54) is 6.20 Å². The van der Waals surface area contributed by atoms with Crippen LogP contribution in [0.15, 0.2) is 11.8 Å². The van der Waals surface area contributed by atoms with Crippen LogP contribution in [-0.4, -0.2) is 54.2 Å². The quantitative estimate of drug-likeness (QED) is 0.412. The first-order valence-corrected chi connectivity index (χ1v) is 7.47. The van der Waals surface area contributed by atoms with Crippen LogP contribution in [-0.2, 0) is 14.3 Å². The van der Waals surface area contributed by atoms with Gasteiger partial charge in [-0.05, 0) is 26.7 Å². The number of esters is 1. The standard InChI is InChI=1S/C15H23N3O4/c1-3-22-15(21)12-4-6-18(7-5-12)14(20)13(8-16)10-17-9-11(2)19/h10-12,17,19H,3-7,9H2,1-2H3/b13-10-. The van der Waals surface area contributed by atoms with E-state index < -0.39 is 6.10 Å². The number of nitrogens with zero attached hydrogens (tertiary/aromatic N) is 2. The topological polar surface area (TPSA) is 103 Å². The summed E-state index contributed by atoms with van der Waals surface area (Å²) in [4.78, 5) is 25.4. The lowest BCUT2D eigenvalue weighted by molar-refractivity contribution is -0.150. The molecule has 7 heteroatoms. The molecule has 7 nitrogen and oxygen atoms in total. The van der Waals surface area contributed by atoms with Gasteiger partial charge in [-0.15, -0.1) is 0 Å². The van der Waals surface area contributed by atoms with E-state index in [9.17, 15) is 9.59 Å². The van der Waals surface area contributed by atoms with Crippen LogP contribution < -0.4 is 5.32 Å². The van der Waals surface area contributed by atoms with Crippen LogP contribution in [0.3, 0.4) is 0 Å². The largest absolute Gasteiger partial charge is 0.466 e. The Balaban J connectivity index is 2.53. The van der Waals surface area contributed by atoms with E-state index in [1.807, 2.05) is 6.07 Å². The first-order chi connectivity index (χ1) is 10.5. The Labute approximate surface area is 130 Å². The number of aliphatic hydroxyl groups excluding tert-OH is 1. The predicted octanol–water partition coefficient (Wildman–Crippen LogP) is 0.166. The fraction of sp³-hybridized carbons (Fsp3) is 0.667. The Morgan fingerprint density at radius 3 is 2.64 bits per heavy atom. The number of amides is 1. The minimum atomic E-state index is -0.563. The summed E-state index contributed by atoms with van der Waals surface area (Å²) in [6.07, 6.45) is 1.85. The molecule has 1 rings (SSSR count). The number of aliphatic hydroxyl groups is 1. The predicted molar refractivity (Wildman–Crippen MR) is 79.3 cm³/mol. The highest BCUT2D eigenvalue weighted by Crippen LogP contribution is 2.19. The van der Waals surface area contributed by atoms with Gasteiger partial charge in [-0.2, -0.15) is 5.26 Å². The van der Waals surface area contributed by atoms with Crippen molar-refractivity contribution >= 4 is 11.9 Å². The third-order valence-corrected chi connectivity index (χ3v) is 3.41. The van der Waals surface area contributed by atoms with Crippen LogP contribution in [0.4, 0.5) is 0 Å². The third-order valence-electron chi connectivity index (χ3n) is 3.41. The van der Waals surface area contributed by atoms with Gasteiger partial charge in [0.1, 0.15) is 11.6 Å². The zero-order valence-electron chi connectivity index (χ0n) is 13.0. The Bertz CT molecular complexity index is 460. The van der Waals surface area contributed by atoms with Crippen LogP contribution in [0, 0.1) is 17.2 Å². The molecule has 2 N–H and O–H groups in total. The molecular formula is C15H23N3O4. The number of hydrogen-bond acceptors (Lipinski definition) is 6. The summed E-state index contributed by atoms with van der Waals surface area (Å²) in [5.41, 5.74) is -0.00441. The van der Waals surface area contributed by atoms with Crippen LogP contribution in [0.5, 0.6) is 0 Å². The van der Waals surface area contributed by atoms with Gasteiger partial charge in [0, 0.05) is 25.8 Å². The lowest BCUT2D eigenvalue weighted by Gasteiger charge is -2.30. The van der Waals surface area contributed by atoms with E-state index in [4.69, 9.17) is 15.1 Å². The van der Waals surface area contributed by atoms with Crippen molar-refractivity contribution in [3.05, 3.63) is 11.8 Å². The first-order valence-electron chi connectivity index (χ1n) is 7.47. The SMILES string of the molecule is CCOC(=O)C1CCN(C(=O)/C(C#N)=C\NCC(C)O)CC1. The van der Waals surface area contributed by atoms with Gasteiger partial charge in [-0.3, -0.25) is 9.59 Å². The van der Waals surface area contributed by atoms with E-state index >= 15 is 0 Å². The molecule has 1 amide bonds. The average Bonchev–Trinajstić information content (AvgIpc) is 2.51. The van der Waals surface area contributed by atoms with Gasteiger partial charge in [0.15, 0.2) is 0 Å².